The minimum Gasteiger partial charge on any atom is -0.393 e. The molecule has 1 aromatic heterocycles. The van der Waals surface area contributed by atoms with E-state index in [9.17, 15) is 5.11 Å². The van der Waals surface area contributed by atoms with Gasteiger partial charge in [-0.25, -0.2) is 0 Å². The first-order valence-electron chi connectivity index (χ1n) is 7.89. The molecule has 2 aromatic rings. The number of aliphatic hydroxyl groups is 1. The van der Waals surface area contributed by atoms with E-state index in [-0.39, 0.29) is 12.0 Å². The molecule has 0 aliphatic carbocycles. The topological polar surface area (TPSA) is 53.8 Å². The van der Waals surface area contributed by atoms with Crippen LogP contribution < -0.4 is 0 Å². The van der Waals surface area contributed by atoms with E-state index in [0.717, 1.165) is 24.4 Å². The molecule has 0 radical (unpaired) electrons. The van der Waals surface area contributed by atoms with Crippen LogP contribution in [-0.2, 0) is 0 Å². The van der Waals surface area contributed by atoms with Gasteiger partial charge in [-0.2, -0.15) is 5.10 Å². The van der Waals surface area contributed by atoms with Gasteiger partial charge in [0.15, 0.2) is 4.77 Å². The molecule has 22 heavy (non-hydrogen) atoms. The largest absolute Gasteiger partial charge is 0.393 e. The van der Waals surface area contributed by atoms with Crippen molar-refractivity contribution in [3.8, 4) is 5.69 Å². The zero-order valence-corrected chi connectivity index (χ0v) is 14.3. The molecule has 0 spiro atoms. The van der Waals surface area contributed by atoms with Crippen molar-refractivity contribution in [2.75, 3.05) is 0 Å². The molecule has 0 bridgehead atoms. The molecule has 0 aliphatic heterocycles. The third kappa shape index (κ3) is 4.27. The fraction of sp³-hybridized carbons (Fsp3) is 0.529. The highest BCUT2D eigenvalue weighted by molar-refractivity contribution is 7.71. The number of aromatic nitrogens is 3. The SMILES string of the molecule is CC(C)CC[C@H](C[C@@H](C)O)c1n[nH]c(=S)n1-c1ccccc1. The van der Waals surface area contributed by atoms with Crippen molar-refractivity contribution >= 4 is 12.2 Å². The average molecular weight is 319 g/mol. The van der Waals surface area contributed by atoms with Crippen molar-refractivity contribution in [2.24, 2.45) is 5.92 Å². The Kier molecular flexibility index (Phi) is 5.91. The van der Waals surface area contributed by atoms with E-state index >= 15 is 0 Å². The second kappa shape index (κ2) is 7.70. The van der Waals surface area contributed by atoms with Crippen LogP contribution in [0.5, 0.6) is 0 Å². The van der Waals surface area contributed by atoms with Gasteiger partial charge in [-0.05, 0) is 50.0 Å². The normalized spacial score (nSPS) is 14.2. The number of nitrogens with one attached hydrogen (secondary N) is 1. The molecule has 2 atom stereocenters. The number of H-pyrrole nitrogens is 1. The van der Waals surface area contributed by atoms with Crippen LogP contribution in [0.25, 0.3) is 5.69 Å². The number of nitrogens with zero attached hydrogens (tertiary/aromatic N) is 2. The first kappa shape index (κ1) is 16.9. The van der Waals surface area contributed by atoms with Crippen molar-refractivity contribution in [1.82, 2.24) is 14.8 Å². The van der Waals surface area contributed by atoms with Gasteiger partial charge >= 0.3 is 0 Å². The molecule has 1 heterocycles. The maximum Gasteiger partial charge on any atom is 0.199 e. The number of hydrogen-bond acceptors (Lipinski definition) is 3. The highest BCUT2D eigenvalue weighted by Crippen LogP contribution is 2.28. The summed E-state index contributed by atoms with van der Waals surface area (Å²) in [6, 6.07) is 10.0. The Balaban J connectivity index is 2.37. The molecule has 0 amide bonds. The molecule has 2 rings (SSSR count). The minimum absolute atomic E-state index is 0.190. The Hall–Kier alpha value is -1.46. The van der Waals surface area contributed by atoms with Crippen molar-refractivity contribution in [3.05, 3.63) is 40.9 Å². The number of hydrogen-bond donors (Lipinski definition) is 2. The molecular weight excluding hydrogens is 294 g/mol. The summed E-state index contributed by atoms with van der Waals surface area (Å²) in [5, 5.41) is 17.2. The fourth-order valence-electron chi connectivity index (χ4n) is 2.71. The average Bonchev–Trinajstić information content (AvgIpc) is 2.85. The smallest absolute Gasteiger partial charge is 0.199 e. The quantitative estimate of drug-likeness (QED) is 0.751. The molecule has 120 valence electrons. The van der Waals surface area contributed by atoms with Crippen LogP contribution in [0, 0.1) is 10.7 Å². The molecule has 2 N–H and O–H groups in total. The van der Waals surface area contributed by atoms with Gasteiger partial charge in [-0.1, -0.05) is 38.5 Å². The van der Waals surface area contributed by atoms with Gasteiger partial charge in [0.25, 0.3) is 0 Å². The Morgan fingerprint density at radius 1 is 1.18 bits per heavy atom. The minimum atomic E-state index is -0.355. The maximum atomic E-state index is 9.84. The van der Waals surface area contributed by atoms with Gasteiger partial charge in [0.2, 0.25) is 0 Å². The Bertz CT molecular complexity index is 631. The lowest BCUT2D eigenvalue weighted by Crippen LogP contribution is -2.14. The number of rotatable bonds is 7. The lowest BCUT2D eigenvalue weighted by molar-refractivity contribution is 0.169. The molecule has 1 aromatic carbocycles. The van der Waals surface area contributed by atoms with Crippen molar-refractivity contribution in [2.45, 2.75) is 52.1 Å². The fourth-order valence-corrected chi connectivity index (χ4v) is 2.95. The number of aromatic amines is 1. The first-order valence-corrected chi connectivity index (χ1v) is 8.30. The van der Waals surface area contributed by atoms with E-state index in [1.165, 1.54) is 0 Å². The molecule has 4 nitrogen and oxygen atoms in total. The van der Waals surface area contributed by atoms with Crippen LogP contribution in [0.2, 0.25) is 0 Å². The molecule has 5 heteroatoms. The second-order valence-corrected chi connectivity index (χ2v) is 6.70. The van der Waals surface area contributed by atoms with Crippen molar-refractivity contribution < 1.29 is 5.11 Å². The summed E-state index contributed by atoms with van der Waals surface area (Å²) in [6.07, 6.45) is 2.44. The lowest BCUT2D eigenvalue weighted by Gasteiger charge is -2.20. The molecule has 0 fully saturated rings. The van der Waals surface area contributed by atoms with Crippen LogP contribution in [0.15, 0.2) is 30.3 Å². The third-order valence-electron chi connectivity index (χ3n) is 3.80. The predicted octanol–water partition coefficient (Wildman–Crippen LogP) is 4.22. The Labute approximate surface area is 137 Å². The van der Waals surface area contributed by atoms with Crippen LogP contribution in [0.4, 0.5) is 0 Å². The summed E-state index contributed by atoms with van der Waals surface area (Å²) in [4.78, 5) is 0. The molecule has 0 unspecified atom stereocenters. The molecular formula is C17H25N3OS. The van der Waals surface area contributed by atoms with Crippen LogP contribution in [-0.4, -0.2) is 26.0 Å². The standard InChI is InChI=1S/C17H25N3OS/c1-12(2)9-10-14(11-13(3)21)16-18-19-17(22)20(16)15-7-5-4-6-8-15/h4-8,12-14,21H,9-11H2,1-3H3,(H,19,22)/t13-,14-/m1/s1. The van der Waals surface area contributed by atoms with Gasteiger partial charge in [0.05, 0.1) is 6.10 Å². The van der Waals surface area contributed by atoms with E-state index in [4.69, 9.17) is 12.2 Å². The summed E-state index contributed by atoms with van der Waals surface area (Å²) in [7, 11) is 0. The van der Waals surface area contributed by atoms with Crippen LogP contribution in [0.3, 0.4) is 0 Å². The summed E-state index contributed by atoms with van der Waals surface area (Å²) in [6.45, 7) is 6.26. The van der Waals surface area contributed by atoms with E-state index < -0.39 is 0 Å². The van der Waals surface area contributed by atoms with Crippen LogP contribution in [0.1, 0.15) is 51.8 Å². The molecule has 0 saturated carbocycles. The number of aliphatic hydroxyl groups excluding tert-OH is 1. The summed E-state index contributed by atoms with van der Waals surface area (Å²) in [5.74, 6) is 1.73. The summed E-state index contributed by atoms with van der Waals surface area (Å²) < 4.78 is 2.59. The Morgan fingerprint density at radius 3 is 2.45 bits per heavy atom. The second-order valence-electron chi connectivity index (χ2n) is 6.31. The van der Waals surface area contributed by atoms with Crippen molar-refractivity contribution in [1.29, 1.82) is 0 Å². The van der Waals surface area contributed by atoms with E-state index in [2.05, 4.69) is 24.0 Å². The highest BCUT2D eigenvalue weighted by atomic mass is 32.1. The summed E-state index contributed by atoms with van der Waals surface area (Å²) in [5.41, 5.74) is 1.01. The maximum absolute atomic E-state index is 9.84. The van der Waals surface area contributed by atoms with Gasteiger partial charge in [0, 0.05) is 11.6 Å². The zero-order valence-electron chi connectivity index (χ0n) is 13.5. The Morgan fingerprint density at radius 2 is 1.86 bits per heavy atom. The monoisotopic (exact) mass is 319 g/mol. The van der Waals surface area contributed by atoms with Gasteiger partial charge in [-0.3, -0.25) is 9.67 Å². The van der Waals surface area contributed by atoms with E-state index in [1.54, 1.807) is 0 Å². The zero-order chi connectivity index (χ0) is 16.1. The first-order chi connectivity index (χ1) is 10.5. The predicted molar refractivity (Wildman–Crippen MR) is 91.9 cm³/mol. The lowest BCUT2D eigenvalue weighted by atomic mass is 9.92. The van der Waals surface area contributed by atoms with E-state index in [1.807, 2.05) is 41.8 Å². The number of para-hydroxylation sites is 1. The van der Waals surface area contributed by atoms with Gasteiger partial charge in [-0.15, -0.1) is 0 Å². The highest BCUT2D eigenvalue weighted by Gasteiger charge is 2.21. The molecule has 0 aliphatic rings. The third-order valence-corrected chi connectivity index (χ3v) is 4.07. The van der Waals surface area contributed by atoms with Crippen molar-refractivity contribution in [3.63, 3.8) is 0 Å². The number of benzene rings is 1. The molecule has 0 saturated heterocycles. The summed E-state index contributed by atoms with van der Waals surface area (Å²) >= 11 is 5.41. The van der Waals surface area contributed by atoms with Crippen LogP contribution >= 0.6 is 12.2 Å². The van der Waals surface area contributed by atoms with Gasteiger partial charge < -0.3 is 5.11 Å². The van der Waals surface area contributed by atoms with Gasteiger partial charge in [0.1, 0.15) is 5.82 Å². The van der Waals surface area contributed by atoms with E-state index in [0.29, 0.717) is 17.1 Å².